The Morgan fingerprint density at radius 3 is 2.80 bits per heavy atom. The van der Waals surface area contributed by atoms with Gasteiger partial charge in [-0.15, -0.1) is 0 Å². The number of hydrogen-bond donors (Lipinski definition) is 0. The standard InChI is InChI=1S/C12H15FO2/c1-3-10(14)8-7-9-5-4-6-11(15-2)12(9)13/h4-6H,3,7-8H2,1-2H3. The molecule has 1 aromatic rings. The number of ether oxygens (including phenoxy) is 1. The third-order valence-corrected chi connectivity index (χ3v) is 2.33. The van der Waals surface area contributed by atoms with E-state index in [1.54, 1.807) is 18.2 Å². The van der Waals surface area contributed by atoms with Crippen LogP contribution in [0.25, 0.3) is 0 Å². The lowest BCUT2D eigenvalue weighted by Crippen LogP contribution is -2.00. The Morgan fingerprint density at radius 2 is 2.20 bits per heavy atom. The number of hydrogen-bond acceptors (Lipinski definition) is 2. The summed E-state index contributed by atoms with van der Waals surface area (Å²) in [6.07, 6.45) is 1.34. The van der Waals surface area contributed by atoms with Gasteiger partial charge in [-0.25, -0.2) is 4.39 Å². The molecule has 0 unspecified atom stereocenters. The number of benzene rings is 1. The summed E-state index contributed by atoms with van der Waals surface area (Å²) in [6, 6.07) is 4.98. The predicted molar refractivity (Wildman–Crippen MR) is 56.6 cm³/mol. The van der Waals surface area contributed by atoms with Crippen LogP contribution in [0.2, 0.25) is 0 Å². The number of Topliss-reactive ketones (excluding diaryl/α,β-unsaturated/α-hetero) is 1. The van der Waals surface area contributed by atoms with E-state index in [9.17, 15) is 9.18 Å². The van der Waals surface area contributed by atoms with Crippen LogP contribution in [-0.4, -0.2) is 12.9 Å². The normalized spacial score (nSPS) is 10.1. The second-order valence-electron chi connectivity index (χ2n) is 3.33. The van der Waals surface area contributed by atoms with Crippen molar-refractivity contribution in [2.45, 2.75) is 26.2 Å². The van der Waals surface area contributed by atoms with Gasteiger partial charge in [0, 0.05) is 12.8 Å². The second-order valence-corrected chi connectivity index (χ2v) is 3.33. The van der Waals surface area contributed by atoms with Crippen molar-refractivity contribution in [3.8, 4) is 5.75 Å². The van der Waals surface area contributed by atoms with Crippen molar-refractivity contribution >= 4 is 5.78 Å². The van der Waals surface area contributed by atoms with Gasteiger partial charge in [0.15, 0.2) is 11.6 Å². The van der Waals surface area contributed by atoms with Gasteiger partial charge in [0.25, 0.3) is 0 Å². The molecule has 0 spiro atoms. The van der Waals surface area contributed by atoms with Crippen LogP contribution in [0.5, 0.6) is 5.75 Å². The predicted octanol–water partition coefficient (Wildman–Crippen LogP) is 2.75. The second kappa shape index (κ2) is 5.49. The first-order valence-corrected chi connectivity index (χ1v) is 5.02. The van der Waals surface area contributed by atoms with E-state index in [0.717, 1.165) is 0 Å². The summed E-state index contributed by atoms with van der Waals surface area (Å²) in [5, 5.41) is 0. The highest BCUT2D eigenvalue weighted by atomic mass is 19.1. The number of aryl methyl sites for hydroxylation is 1. The summed E-state index contributed by atoms with van der Waals surface area (Å²) in [7, 11) is 1.43. The molecular weight excluding hydrogens is 195 g/mol. The molecule has 0 radical (unpaired) electrons. The van der Waals surface area contributed by atoms with E-state index in [2.05, 4.69) is 0 Å². The molecule has 0 N–H and O–H groups in total. The smallest absolute Gasteiger partial charge is 0.168 e. The Balaban J connectivity index is 2.73. The fraction of sp³-hybridized carbons (Fsp3) is 0.417. The number of rotatable bonds is 5. The van der Waals surface area contributed by atoms with E-state index >= 15 is 0 Å². The minimum atomic E-state index is -0.357. The highest BCUT2D eigenvalue weighted by molar-refractivity contribution is 5.78. The lowest BCUT2D eigenvalue weighted by atomic mass is 10.1. The van der Waals surface area contributed by atoms with E-state index in [1.807, 2.05) is 6.92 Å². The van der Waals surface area contributed by atoms with Crippen molar-refractivity contribution < 1.29 is 13.9 Å². The van der Waals surface area contributed by atoms with Gasteiger partial charge >= 0.3 is 0 Å². The maximum absolute atomic E-state index is 13.6. The summed E-state index contributed by atoms with van der Waals surface area (Å²) in [5.74, 6) is 0.0255. The molecule has 0 aromatic heterocycles. The van der Waals surface area contributed by atoms with E-state index < -0.39 is 0 Å². The van der Waals surface area contributed by atoms with Crippen LogP contribution in [0, 0.1) is 5.82 Å². The summed E-state index contributed by atoms with van der Waals surface area (Å²) in [4.78, 5) is 11.1. The van der Waals surface area contributed by atoms with Crippen LogP contribution in [0.1, 0.15) is 25.3 Å². The zero-order valence-electron chi connectivity index (χ0n) is 9.05. The Hall–Kier alpha value is -1.38. The minimum absolute atomic E-state index is 0.150. The molecule has 0 aliphatic rings. The molecule has 82 valence electrons. The zero-order valence-corrected chi connectivity index (χ0v) is 9.05. The van der Waals surface area contributed by atoms with E-state index in [-0.39, 0.29) is 17.3 Å². The monoisotopic (exact) mass is 210 g/mol. The third-order valence-electron chi connectivity index (χ3n) is 2.33. The number of ketones is 1. The third kappa shape index (κ3) is 3.05. The number of carbonyl (C=O) groups is 1. The molecule has 0 amide bonds. The van der Waals surface area contributed by atoms with Crippen molar-refractivity contribution in [2.24, 2.45) is 0 Å². The van der Waals surface area contributed by atoms with Crippen LogP contribution in [-0.2, 0) is 11.2 Å². The van der Waals surface area contributed by atoms with Gasteiger partial charge in [-0.3, -0.25) is 4.79 Å². The lowest BCUT2D eigenvalue weighted by Gasteiger charge is -2.06. The highest BCUT2D eigenvalue weighted by Gasteiger charge is 2.09. The maximum atomic E-state index is 13.6. The molecule has 0 aliphatic heterocycles. The molecular formula is C12H15FO2. The summed E-state index contributed by atoms with van der Waals surface area (Å²) < 4.78 is 18.4. The van der Waals surface area contributed by atoms with Gasteiger partial charge in [0.05, 0.1) is 7.11 Å². The molecule has 3 heteroatoms. The van der Waals surface area contributed by atoms with Gasteiger partial charge in [-0.1, -0.05) is 19.1 Å². The molecule has 0 saturated carbocycles. The van der Waals surface area contributed by atoms with Crippen molar-refractivity contribution in [3.63, 3.8) is 0 Å². The maximum Gasteiger partial charge on any atom is 0.168 e. The first-order valence-electron chi connectivity index (χ1n) is 5.02. The fourth-order valence-corrected chi connectivity index (χ4v) is 1.36. The van der Waals surface area contributed by atoms with Crippen LogP contribution in [0.15, 0.2) is 18.2 Å². The lowest BCUT2D eigenvalue weighted by molar-refractivity contribution is -0.118. The van der Waals surface area contributed by atoms with Crippen molar-refractivity contribution in [1.82, 2.24) is 0 Å². The molecule has 15 heavy (non-hydrogen) atoms. The highest BCUT2D eigenvalue weighted by Crippen LogP contribution is 2.21. The first-order chi connectivity index (χ1) is 7.19. The molecule has 0 fully saturated rings. The van der Waals surface area contributed by atoms with E-state index in [1.165, 1.54) is 7.11 Å². The van der Waals surface area contributed by atoms with Crippen LogP contribution >= 0.6 is 0 Å². The van der Waals surface area contributed by atoms with Gasteiger partial charge in [-0.2, -0.15) is 0 Å². The largest absolute Gasteiger partial charge is 0.494 e. The Morgan fingerprint density at radius 1 is 1.47 bits per heavy atom. The molecule has 0 saturated heterocycles. The average Bonchev–Trinajstić information content (AvgIpc) is 2.27. The molecule has 0 bridgehead atoms. The van der Waals surface area contributed by atoms with Crippen molar-refractivity contribution in [3.05, 3.63) is 29.6 Å². The van der Waals surface area contributed by atoms with Gasteiger partial charge in [0.2, 0.25) is 0 Å². The molecule has 1 rings (SSSR count). The first kappa shape index (κ1) is 11.7. The molecule has 1 aromatic carbocycles. The average molecular weight is 210 g/mol. The van der Waals surface area contributed by atoms with Crippen LogP contribution in [0.3, 0.4) is 0 Å². The molecule has 2 nitrogen and oxygen atoms in total. The summed E-state index contributed by atoms with van der Waals surface area (Å²) in [6.45, 7) is 1.81. The van der Waals surface area contributed by atoms with Gasteiger partial charge in [-0.05, 0) is 18.1 Å². The van der Waals surface area contributed by atoms with Gasteiger partial charge < -0.3 is 4.74 Å². The Kier molecular flexibility index (Phi) is 4.28. The molecule has 0 aliphatic carbocycles. The number of carbonyl (C=O) groups excluding carboxylic acids is 1. The molecule has 0 atom stereocenters. The molecule has 0 heterocycles. The quantitative estimate of drug-likeness (QED) is 0.747. The fourth-order valence-electron chi connectivity index (χ4n) is 1.36. The van der Waals surface area contributed by atoms with Crippen molar-refractivity contribution in [2.75, 3.05) is 7.11 Å². The van der Waals surface area contributed by atoms with E-state index in [4.69, 9.17) is 4.74 Å². The van der Waals surface area contributed by atoms with Gasteiger partial charge in [0.1, 0.15) is 5.78 Å². The van der Waals surface area contributed by atoms with Crippen LogP contribution in [0.4, 0.5) is 4.39 Å². The Labute approximate surface area is 89.1 Å². The number of halogens is 1. The zero-order chi connectivity index (χ0) is 11.3. The number of methoxy groups -OCH3 is 1. The SMILES string of the molecule is CCC(=O)CCc1cccc(OC)c1F. The summed E-state index contributed by atoms with van der Waals surface area (Å²) in [5.41, 5.74) is 0.538. The Bertz CT molecular complexity index is 347. The van der Waals surface area contributed by atoms with Crippen LogP contribution < -0.4 is 4.74 Å². The topological polar surface area (TPSA) is 26.3 Å². The van der Waals surface area contributed by atoms with E-state index in [0.29, 0.717) is 24.8 Å². The summed E-state index contributed by atoms with van der Waals surface area (Å²) >= 11 is 0. The minimum Gasteiger partial charge on any atom is -0.494 e. The van der Waals surface area contributed by atoms with Crippen molar-refractivity contribution in [1.29, 1.82) is 0 Å².